The van der Waals surface area contributed by atoms with Gasteiger partial charge in [0, 0.05) is 12.1 Å². The molecule has 1 aromatic carbocycles. The first-order valence-corrected chi connectivity index (χ1v) is 11.3. The van der Waals surface area contributed by atoms with Gasteiger partial charge in [-0.15, -0.1) is 0 Å². The van der Waals surface area contributed by atoms with Crippen LogP contribution in [0, 0.1) is 35.0 Å². The van der Waals surface area contributed by atoms with Crippen molar-refractivity contribution >= 4 is 17.3 Å². The van der Waals surface area contributed by atoms with Crippen LogP contribution < -0.4 is 10.6 Å². The van der Waals surface area contributed by atoms with Gasteiger partial charge in [-0.3, -0.25) is 0 Å². The van der Waals surface area contributed by atoms with Crippen LogP contribution in [0.2, 0.25) is 0 Å². The summed E-state index contributed by atoms with van der Waals surface area (Å²) < 4.78 is 0. The summed E-state index contributed by atoms with van der Waals surface area (Å²) in [4.78, 5) is 0. The zero-order valence-electron chi connectivity index (χ0n) is 17.4. The van der Waals surface area contributed by atoms with Crippen LogP contribution in [0.3, 0.4) is 0 Å². The van der Waals surface area contributed by atoms with Gasteiger partial charge in [-0.1, -0.05) is 57.5 Å². The van der Waals surface area contributed by atoms with Crippen LogP contribution in [0.1, 0.15) is 58.9 Å². The smallest absolute Gasteiger partial charge is 0.166 e. The SMILES string of the molecule is CC1CCC2C1C1C(CCC2(C)NC(=S)NCCc2ccccc2)C1(C)C. The number of hydrogen-bond acceptors (Lipinski definition) is 1. The standard InChI is InChI=1S/C24H36N2S/c1-16-10-11-18-20(16)21-19(23(21,2)3)12-14-24(18,4)26-22(27)25-15-13-17-8-6-5-7-9-17/h5-9,16,18-21H,10-15H2,1-4H3,(H2,25,26,27). The second kappa shape index (κ2) is 7.06. The van der Waals surface area contributed by atoms with E-state index in [1.807, 2.05) is 0 Å². The lowest BCUT2D eigenvalue weighted by molar-refractivity contribution is 0.157. The predicted octanol–water partition coefficient (Wildman–Crippen LogP) is 5.18. The maximum atomic E-state index is 5.72. The van der Waals surface area contributed by atoms with Crippen LogP contribution in [0.15, 0.2) is 30.3 Å². The van der Waals surface area contributed by atoms with Crippen LogP contribution in [-0.4, -0.2) is 17.2 Å². The molecule has 0 aromatic heterocycles. The van der Waals surface area contributed by atoms with E-state index in [1.165, 1.54) is 31.2 Å². The van der Waals surface area contributed by atoms with Crippen molar-refractivity contribution in [3.05, 3.63) is 35.9 Å². The topological polar surface area (TPSA) is 24.1 Å². The molecule has 0 saturated heterocycles. The molecule has 3 fully saturated rings. The lowest BCUT2D eigenvalue weighted by Gasteiger charge is -2.41. The highest BCUT2D eigenvalue weighted by molar-refractivity contribution is 7.80. The molecule has 0 spiro atoms. The monoisotopic (exact) mass is 384 g/mol. The number of benzene rings is 1. The van der Waals surface area contributed by atoms with E-state index in [4.69, 9.17) is 12.2 Å². The molecule has 6 unspecified atom stereocenters. The van der Waals surface area contributed by atoms with Crippen LogP contribution in [0.5, 0.6) is 0 Å². The van der Waals surface area contributed by atoms with Gasteiger partial charge in [-0.05, 0) is 85.4 Å². The minimum Gasteiger partial charge on any atom is -0.362 e. The van der Waals surface area contributed by atoms with Gasteiger partial charge in [0.25, 0.3) is 0 Å². The summed E-state index contributed by atoms with van der Waals surface area (Å²) in [5.74, 6) is 4.36. The van der Waals surface area contributed by atoms with Gasteiger partial charge in [0.15, 0.2) is 5.11 Å². The summed E-state index contributed by atoms with van der Waals surface area (Å²) in [7, 11) is 0. The van der Waals surface area contributed by atoms with E-state index < -0.39 is 0 Å². The molecule has 0 bridgehead atoms. The molecule has 27 heavy (non-hydrogen) atoms. The highest BCUT2D eigenvalue weighted by Gasteiger charge is 2.66. The van der Waals surface area contributed by atoms with Crippen molar-refractivity contribution in [3.63, 3.8) is 0 Å². The Morgan fingerprint density at radius 3 is 2.56 bits per heavy atom. The fourth-order valence-electron chi connectivity index (χ4n) is 6.74. The molecule has 3 aliphatic rings. The molecule has 3 aliphatic carbocycles. The number of fused-ring (bicyclic) bond motifs is 3. The molecule has 2 N–H and O–H groups in total. The molecule has 1 aromatic rings. The van der Waals surface area contributed by atoms with Gasteiger partial charge in [-0.25, -0.2) is 0 Å². The molecule has 6 atom stereocenters. The Labute approximate surface area is 170 Å². The van der Waals surface area contributed by atoms with E-state index in [2.05, 4.69) is 68.7 Å². The van der Waals surface area contributed by atoms with Gasteiger partial charge >= 0.3 is 0 Å². The zero-order valence-corrected chi connectivity index (χ0v) is 18.2. The molecular formula is C24H36N2S. The number of hydrogen-bond donors (Lipinski definition) is 2. The van der Waals surface area contributed by atoms with Gasteiger partial charge in [0.1, 0.15) is 0 Å². The van der Waals surface area contributed by atoms with Crippen LogP contribution >= 0.6 is 12.2 Å². The van der Waals surface area contributed by atoms with E-state index in [1.54, 1.807) is 0 Å². The lowest BCUT2D eigenvalue weighted by atomic mass is 9.72. The molecule has 3 heteroatoms. The Hall–Kier alpha value is -1.09. The summed E-state index contributed by atoms with van der Waals surface area (Å²) in [6.45, 7) is 10.9. The number of rotatable bonds is 4. The fraction of sp³-hybridized carbons (Fsp3) is 0.708. The Bertz CT molecular complexity index is 685. The van der Waals surface area contributed by atoms with Gasteiger partial charge in [0.2, 0.25) is 0 Å². The highest BCUT2D eigenvalue weighted by Crippen LogP contribution is 2.71. The second-order valence-electron chi connectivity index (χ2n) is 10.3. The average molecular weight is 385 g/mol. The average Bonchev–Trinajstić information content (AvgIpc) is 2.99. The molecule has 148 valence electrons. The summed E-state index contributed by atoms with van der Waals surface area (Å²) in [6.07, 6.45) is 6.38. The van der Waals surface area contributed by atoms with Crippen molar-refractivity contribution in [3.8, 4) is 0 Å². The molecule has 3 saturated carbocycles. The molecule has 0 heterocycles. The van der Waals surface area contributed by atoms with E-state index in [0.29, 0.717) is 5.41 Å². The Kier molecular flexibility index (Phi) is 5.03. The lowest BCUT2D eigenvalue weighted by Crippen LogP contribution is -2.55. The Balaban J connectivity index is 1.38. The molecule has 0 radical (unpaired) electrons. The van der Waals surface area contributed by atoms with Gasteiger partial charge < -0.3 is 10.6 Å². The fourth-order valence-corrected chi connectivity index (χ4v) is 7.07. The van der Waals surface area contributed by atoms with E-state index in [9.17, 15) is 0 Å². The van der Waals surface area contributed by atoms with Crippen molar-refractivity contribution < 1.29 is 0 Å². The quantitative estimate of drug-likeness (QED) is 0.700. The molecular weight excluding hydrogens is 348 g/mol. The van der Waals surface area contributed by atoms with Crippen molar-refractivity contribution in [1.29, 1.82) is 0 Å². The first-order chi connectivity index (χ1) is 12.8. The first kappa shape index (κ1) is 19.2. The highest BCUT2D eigenvalue weighted by atomic mass is 32.1. The molecule has 2 nitrogen and oxygen atoms in total. The van der Waals surface area contributed by atoms with Crippen molar-refractivity contribution in [2.75, 3.05) is 6.54 Å². The minimum absolute atomic E-state index is 0.149. The summed E-state index contributed by atoms with van der Waals surface area (Å²) in [5, 5.41) is 8.13. The van der Waals surface area contributed by atoms with E-state index in [-0.39, 0.29) is 5.54 Å². The third kappa shape index (κ3) is 3.52. The number of nitrogens with one attached hydrogen (secondary N) is 2. The minimum atomic E-state index is 0.149. The second-order valence-corrected chi connectivity index (χ2v) is 10.7. The maximum absolute atomic E-state index is 5.72. The van der Waals surface area contributed by atoms with E-state index >= 15 is 0 Å². The first-order valence-electron chi connectivity index (χ1n) is 10.9. The number of thiocarbonyl (C=S) groups is 1. The summed E-state index contributed by atoms with van der Waals surface area (Å²) >= 11 is 5.72. The van der Waals surface area contributed by atoms with E-state index in [0.717, 1.165) is 47.7 Å². The largest absolute Gasteiger partial charge is 0.362 e. The van der Waals surface area contributed by atoms with Crippen LogP contribution in [0.25, 0.3) is 0 Å². The third-order valence-corrected chi connectivity index (χ3v) is 8.59. The summed E-state index contributed by atoms with van der Waals surface area (Å²) in [5.41, 5.74) is 2.08. The third-order valence-electron chi connectivity index (χ3n) is 8.34. The molecule has 0 aliphatic heterocycles. The Morgan fingerprint density at radius 2 is 1.81 bits per heavy atom. The van der Waals surface area contributed by atoms with Crippen molar-refractivity contribution in [1.82, 2.24) is 10.6 Å². The summed E-state index contributed by atoms with van der Waals surface area (Å²) in [6, 6.07) is 10.6. The zero-order chi connectivity index (χ0) is 19.2. The Morgan fingerprint density at radius 1 is 1.07 bits per heavy atom. The van der Waals surface area contributed by atoms with Crippen LogP contribution in [0.4, 0.5) is 0 Å². The molecule has 0 amide bonds. The molecule has 4 rings (SSSR count). The maximum Gasteiger partial charge on any atom is 0.166 e. The van der Waals surface area contributed by atoms with Crippen molar-refractivity contribution in [2.45, 2.75) is 65.3 Å². The van der Waals surface area contributed by atoms with Gasteiger partial charge in [0.05, 0.1) is 0 Å². The normalized spacial score (nSPS) is 39.0. The van der Waals surface area contributed by atoms with Crippen LogP contribution in [-0.2, 0) is 6.42 Å². The predicted molar refractivity (Wildman–Crippen MR) is 118 cm³/mol. The van der Waals surface area contributed by atoms with Gasteiger partial charge in [-0.2, -0.15) is 0 Å². The van der Waals surface area contributed by atoms with Crippen molar-refractivity contribution in [2.24, 2.45) is 35.0 Å².